The van der Waals surface area contributed by atoms with E-state index < -0.39 is 18.1 Å². The van der Waals surface area contributed by atoms with Gasteiger partial charge in [0, 0.05) is 7.11 Å². The Morgan fingerprint density at radius 1 is 1.40 bits per heavy atom. The van der Waals surface area contributed by atoms with Crippen molar-refractivity contribution in [2.75, 3.05) is 7.11 Å². The fourth-order valence-electron chi connectivity index (χ4n) is 1.27. The summed E-state index contributed by atoms with van der Waals surface area (Å²) < 4.78 is 4.77. The fourth-order valence-corrected chi connectivity index (χ4v) is 1.27. The van der Waals surface area contributed by atoms with Crippen LogP contribution in [0.3, 0.4) is 0 Å². The van der Waals surface area contributed by atoms with Gasteiger partial charge in [-0.3, -0.25) is 0 Å². The molecule has 1 unspecified atom stereocenters. The fraction of sp³-hybridized carbons (Fsp3) is 0.300. The van der Waals surface area contributed by atoms with Crippen molar-refractivity contribution in [1.82, 2.24) is 0 Å². The summed E-state index contributed by atoms with van der Waals surface area (Å²) in [4.78, 5) is 10.8. The number of rotatable bonds is 4. The summed E-state index contributed by atoms with van der Waals surface area (Å²) in [6.45, 7) is 0. The lowest BCUT2D eigenvalue weighted by molar-refractivity contribution is -0.149. The highest BCUT2D eigenvalue weighted by Gasteiger charge is 2.25. The Balaban J connectivity index is 2.87. The minimum absolute atomic E-state index is 0.107. The summed E-state index contributed by atoms with van der Waals surface area (Å²) in [7, 11) is 1.29. The van der Waals surface area contributed by atoms with Crippen molar-refractivity contribution in [3.63, 3.8) is 0 Å². The Labute approximate surface area is 87.1 Å². The van der Waals surface area contributed by atoms with Crippen molar-refractivity contribution in [2.24, 2.45) is 5.73 Å². The molecular weight excluding hydrogens is 198 g/mol. The van der Waals surface area contributed by atoms with Crippen LogP contribution < -0.4 is 5.73 Å². The summed E-state index contributed by atoms with van der Waals surface area (Å²) >= 11 is 0. The van der Waals surface area contributed by atoms with E-state index in [-0.39, 0.29) is 5.75 Å². The molecule has 0 saturated carbocycles. The van der Waals surface area contributed by atoms with Gasteiger partial charge in [0.1, 0.15) is 5.75 Å². The van der Waals surface area contributed by atoms with E-state index in [0.29, 0.717) is 5.56 Å². The first kappa shape index (κ1) is 11.5. The molecule has 0 aromatic heterocycles. The van der Waals surface area contributed by atoms with Gasteiger partial charge in [-0.15, -0.1) is 0 Å². The van der Waals surface area contributed by atoms with Gasteiger partial charge in [0.15, 0.2) is 6.10 Å². The third kappa shape index (κ3) is 2.68. The van der Waals surface area contributed by atoms with Crippen molar-refractivity contribution in [3.05, 3.63) is 29.8 Å². The molecule has 0 heterocycles. The quantitative estimate of drug-likeness (QED) is 0.674. The van der Waals surface area contributed by atoms with Gasteiger partial charge in [-0.2, -0.15) is 0 Å². The number of carboxylic acids is 1. The summed E-state index contributed by atoms with van der Waals surface area (Å²) in [5.74, 6) is -1.01. The van der Waals surface area contributed by atoms with Gasteiger partial charge in [-0.25, -0.2) is 4.79 Å². The zero-order valence-electron chi connectivity index (χ0n) is 8.25. The summed E-state index contributed by atoms with van der Waals surface area (Å²) in [5, 5.41) is 17.9. The van der Waals surface area contributed by atoms with Gasteiger partial charge in [0.2, 0.25) is 0 Å². The van der Waals surface area contributed by atoms with E-state index in [2.05, 4.69) is 0 Å². The smallest absolute Gasteiger partial charge is 0.334 e. The van der Waals surface area contributed by atoms with Crippen LogP contribution in [-0.2, 0) is 9.53 Å². The Hall–Kier alpha value is -1.59. The number of aliphatic carboxylic acids is 1. The molecule has 15 heavy (non-hydrogen) atoms. The van der Waals surface area contributed by atoms with E-state index in [0.717, 1.165) is 0 Å². The van der Waals surface area contributed by atoms with E-state index in [4.69, 9.17) is 20.7 Å². The number of carbonyl (C=O) groups is 1. The number of ether oxygens (including phenoxy) is 1. The first-order chi connectivity index (χ1) is 7.06. The highest BCUT2D eigenvalue weighted by atomic mass is 16.5. The lowest BCUT2D eigenvalue weighted by Crippen LogP contribution is -2.34. The van der Waals surface area contributed by atoms with E-state index in [9.17, 15) is 4.79 Å². The van der Waals surface area contributed by atoms with Gasteiger partial charge < -0.3 is 20.7 Å². The standard InChI is InChI=1S/C10H13NO4/c1-15-9(10(13)14)8(11)6-2-4-7(12)5-3-6/h2-5,8-9,12H,11H2,1H3,(H,13,14)/t8-,9?/m1/s1. The van der Waals surface area contributed by atoms with Crippen LogP contribution in [0.2, 0.25) is 0 Å². The SMILES string of the molecule is COC(C(=O)O)[C@H](N)c1ccc(O)cc1. The van der Waals surface area contributed by atoms with E-state index in [1.54, 1.807) is 12.1 Å². The summed E-state index contributed by atoms with van der Waals surface area (Å²) in [6, 6.07) is 5.27. The average molecular weight is 211 g/mol. The number of carboxylic acid groups (broad SMARTS) is 1. The van der Waals surface area contributed by atoms with Crippen molar-refractivity contribution in [3.8, 4) is 5.75 Å². The molecule has 0 saturated heterocycles. The molecule has 5 nitrogen and oxygen atoms in total. The molecule has 4 N–H and O–H groups in total. The molecule has 0 radical (unpaired) electrons. The number of hydrogen-bond acceptors (Lipinski definition) is 4. The average Bonchev–Trinajstić information content (AvgIpc) is 2.19. The topological polar surface area (TPSA) is 92.8 Å². The number of hydrogen-bond donors (Lipinski definition) is 3. The Kier molecular flexibility index (Phi) is 3.65. The zero-order chi connectivity index (χ0) is 11.4. The second kappa shape index (κ2) is 4.77. The van der Waals surface area contributed by atoms with Crippen LogP contribution >= 0.6 is 0 Å². The third-order valence-electron chi connectivity index (χ3n) is 2.10. The van der Waals surface area contributed by atoms with Crippen LogP contribution in [0.25, 0.3) is 0 Å². The molecule has 0 aliphatic heterocycles. The Morgan fingerprint density at radius 2 is 1.93 bits per heavy atom. The molecular formula is C10H13NO4. The lowest BCUT2D eigenvalue weighted by Gasteiger charge is -2.18. The summed E-state index contributed by atoms with van der Waals surface area (Å²) in [6.07, 6.45) is -1.09. The van der Waals surface area contributed by atoms with Crippen LogP contribution in [0.1, 0.15) is 11.6 Å². The Bertz CT molecular complexity index is 336. The van der Waals surface area contributed by atoms with E-state index in [1.165, 1.54) is 19.2 Å². The maximum absolute atomic E-state index is 10.8. The van der Waals surface area contributed by atoms with Crippen LogP contribution in [0.5, 0.6) is 5.75 Å². The monoisotopic (exact) mass is 211 g/mol. The predicted molar refractivity (Wildman–Crippen MR) is 53.5 cm³/mol. The molecule has 0 aliphatic carbocycles. The molecule has 0 bridgehead atoms. The van der Waals surface area contributed by atoms with Crippen LogP contribution in [0.4, 0.5) is 0 Å². The highest BCUT2D eigenvalue weighted by Crippen LogP contribution is 2.19. The largest absolute Gasteiger partial charge is 0.508 e. The Morgan fingerprint density at radius 3 is 2.33 bits per heavy atom. The van der Waals surface area contributed by atoms with Crippen LogP contribution in [-0.4, -0.2) is 29.4 Å². The van der Waals surface area contributed by atoms with E-state index >= 15 is 0 Å². The zero-order valence-corrected chi connectivity index (χ0v) is 8.25. The van der Waals surface area contributed by atoms with Gasteiger partial charge in [0.25, 0.3) is 0 Å². The molecule has 5 heteroatoms. The molecule has 0 spiro atoms. The number of nitrogens with two attached hydrogens (primary N) is 1. The van der Waals surface area contributed by atoms with Crippen molar-refractivity contribution < 1.29 is 19.7 Å². The summed E-state index contributed by atoms with van der Waals surface area (Å²) in [5.41, 5.74) is 6.31. The minimum atomic E-state index is -1.11. The molecule has 1 rings (SSSR count). The van der Waals surface area contributed by atoms with Crippen molar-refractivity contribution in [2.45, 2.75) is 12.1 Å². The van der Waals surface area contributed by atoms with Crippen LogP contribution in [0, 0.1) is 0 Å². The molecule has 0 amide bonds. The van der Waals surface area contributed by atoms with Gasteiger partial charge >= 0.3 is 5.97 Å². The number of aromatic hydroxyl groups is 1. The number of benzene rings is 1. The highest BCUT2D eigenvalue weighted by molar-refractivity contribution is 5.73. The number of phenols is 1. The first-order valence-corrected chi connectivity index (χ1v) is 4.36. The molecule has 1 aromatic rings. The second-order valence-corrected chi connectivity index (χ2v) is 3.11. The number of phenolic OH excluding ortho intramolecular Hbond substituents is 1. The van der Waals surface area contributed by atoms with Gasteiger partial charge in [0.05, 0.1) is 6.04 Å². The maximum Gasteiger partial charge on any atom is 0.334 e. The number of methoxy groups -OCH3 is 1. The third-order valence-corrected chi connectivity index (χ3v) is 2.10. The normalized spacial score (nSPS) is 14.5. The maximum atomic E-state index is 10.8. The molecule has 0 fully saturated rings. The minimum Gasteiger partial charge on any atom is -0.508 e. The van der Waals surface area contributed by atoms with Crippen molar-refractivity contribution in [1.29, 1.82) is 0 Å². The second-order valence-electron chi connectivity index (χ2n) is 3.11. The van der Waals surface area contributed by atoms with E-state index in [1.807, 2.05) is 0 Å². The molecule has 0 aliphatic rings. The lowest BCUT2D eigenvalue weighted by atomic mass is 10.0. The first-order valence-electron chi connectivity index (χ1n) is 4.36. The molecule has 1 aromatic carbocycles. The molecule has 2 atom stereocenters. The predicted octanol–water partition coefficient (Wildman–Crippen LogP) is 0.492. The van der Waals surface area contributed by atoms with Gasteiger partial charge in [-0.05, 0) is 17.7 Å². The van der Waals surface area contributed by atoms with Gasteiger partial charge in [-0.1, -0.05) is 12.1 Å². The van der Waals surface area contributed by atoms with Crippen molar-refractivity contribution >= 4 is 5.97 Å². The molecule has 82 valence electrons. The van der Waals surface area contributed by atoms with Crippen LogP contribution in [0.15, 0.2) is 24.3 Å².